The van der Waals surface area contributed by atoms with Gasteiger partial charge in [-0.05, 0) is 18.9 Å². The van der Waals surface area contributed by atoms with Crippen LogP contribution < -0.4 is 16.8 Å². The average Bonchev–Trinajstić information content (AvgIpc) is 2.67. The van der Waals surface area contributed by atoms with Crippen LogP contribution >= 0.6 is 0 Å². The van der Waals surface area contributed by atoms with Crippen LogP contribution in [0, 0.1) is 0 Å². The first kappa shape index (κ1) is 29.5. The summed E-state index contributed by atoms with van der Waals surface area (Å²) in [5, 5.41) is 19.0. The summed E-state index contributed by atoms with van der Waals surface area (Å²) in [6.45, 7) is 6.10. The fraction of sp³-hybridized carbons (Fsp3) is 0.611. The Morgan fingerprint density at radius 1 is 1.15 bits per heavy atom. The van der Waals surface area contributed by atoms with Gasteiger partial charge in [0.25, 0.3) is 5.91 Å². The van der Waals surface area contributed by atoms with E-state index in [4.69, 9.17) is 26.1 Å². The number of ether oxygens (including phenoxy) is 1. The monoisotopic (exact) mass is 483 g/mol. The second-order valence-corrected chi connectivity index (χ2v) is 6.77. The lowest BCUT2D eigenvalue weighted by molar-refractivity contribution is -0.192. The van der Waals surface area contributed by atoms with Crippen molar-refractivity contribution in [3.8, 4) is 0 Å². The molecule has 1 rings (SSSR count). The second-order valence-electron chi connectivity index (χ2n) is 6.77. The Bertz CT molecular complexity index is 776. The SMILES string of the molecule is CCCN(CCC)C(=O)[C@@H]1OC(C(=O)O)=C[C@H](N=C(N)N)[C@H]1NC(C)=O.O=C(O)C(F)(F)F. The number of carbonyl (C=O) groups excluding carboxylic acids is 2. The number of carboxylic acids is 2. The summed E-state index contributed by atoms with van der Waals surface area (Å²) in [5.74, 6) is -5.68. The Labute approximate surface area is 187 Å². The fourth-order valence-electron chi connectivity index (χ4n) is 2.75. The maximum Gasteiger partial charge on any atom is 0.490 e. The number of carboxylic acid groups (broad SMARTS) is 2. The van der Waals surface area contributed by atoms with Gasteiger partial charge in [0.2, 0.25) is 11.7 Å². The van der Waals surface area contributed by atoms with Crippen molar-refractivity contribution < 1.29 is 47.3 Å². The minimum atomic E-state index is -5.08. The summed E-state index contributed by atoms with van der Waals surface area (Å²) in [6.07, 6.45) is -3.71. The first-order valence-corrected chi connectivity index (χ1v) is 9.72. The Hall–Kier alpha value is -3.52. The predicted molar refractivity (Wildman–Crippen MR) is 109 cm³/mol. The second kappa shape index (κ2) is 13.1. The van der Waals surface area contributed by atoms with Crippen molar-refractivity contribution in [1.29, 1.82) is 0 Å². The number of nitrogens with two attached hydrogens (primary N) is 2. The number of amides is 2. The zero-order valence-corrected chi connectivity index (χ0v) is 18.3. The highest BCUT2D eigenvalue weighted by Gasteiger charge is 2.43. The minimum Gasteiger partial charge on any atom is -0.475 e. The molecular formula is C18H28F3N5O7. The normalized spacial score (nSPS) is 19.6. The standard InChI is InChI=1S/C16H27N5O5.C2HF3O2/c1-4-6-21(7-5-2)14(23)13-12(19-9(3)22)10(20-16(17)18)8-11(26-13)15(24)25;3-2(4,5)1(6)7/h8,10,12-13H,4-7H2,1-3H3,(H,19,22)(H,24,25)(H4,17,18,20);(H,6,7)/t10-,12+,13+;/m0./s1. The summed E-state index contributed by atoms with van der Waals surface area (Å²) in [4.78, 5) is 50.4. The van der Waals surface area contributed by atoms with Crippen LogP contribution in [-0.4, -0.2) is 82.3 Å². The van der Waals surface area contributed by atoms with Gasteiger partial charge in [-0.2, -0.15) is 13.2 Å². The summed E-state index contributed by atoms with van der Waals surface area (Å²) >= 11 is 0. The van der Waals surface area contributed by atoms with E-state index in [1.807, 2.05) is 13.8 Å². The highest BCUT2D eigenvalue weighted by molar-refractivity contribution is 5.89. The number of halogens is 3. The van der Waals surface area contributed by atoms with E-state index in [1.165, 1.54) is 13.0 Å². The summed E-state index contributed by atoms with van der Waals surface area (Å²) in [5.41, 5.74) is 10.8. The number of alkyl halides is 3. The van der Waals surface area contributed by atoms with Crippen molar-refractivity contribution in [3.63, 3.8) is 0 Å². The summed E-state index contributed by atoms with van der Waals surface area (Å²) in [7, 11) is 0. The number of nitrogens with zero attached hydrogens (tertiary/aromatic N) is 2. The van der Waals surface area contributed by atoms with Crippen molar-refractivity contribution in [2.45, 2.75) is 58.0 Å². The summed E-state index contributed by atoms with van der Waals surface area (Å²) in [6, 6.07) is -1.87. The molecule has 3 atom stereocenters. The smallest absolute Gasteiger partial charge is 0.475 e. The van der Waals surface area contributed by atoms with E-state index in [1.54, 1.807) is 4.90 Å². The fourth-order valence-corrected chi connectivity index (χ4v) is 2.75. The Kier molecular flexibility index (Phi) is 11.7. The number of carbonyl (C=O) groups is 4. The number of guanidine groups is 1. The van der Waals surface area contributed by atoms with Crippen molar-refractivity contribution >= 4 is 29.7 Å². The van der Waals surface area contributed by atoms with Gasteiger partial charge in [-0.1, -0.05) is 13.8 Å². The Morgan fingerprint density at radius 3 is 1.97 bits per heavy atom. The number of aliphatic carboxylic acids is 2. The quantitative estimate of drug-likeness (QED) is 0.229. The third kappa shape index (κ3) is 10.1. The van der Waals surface area contributed by atoms with Crippen molar-refractivity contribution in [2.75, 3.05) is 13.1 Å². The van der Waals surface area contributed by atoms with E-state index in [0.717, 1.165) is 12.8 Å². The van der Waals surface area contributed by atoms with E-state index >= 15 is 0 Å². The van der Waals surface area contributed by atoms with Crippen molar-refractivity contribution in [2.24, 2.45) is 16.5 Å². The van der Waals surface area contributed by atoms with Gasteiger partial charge in [0.05, 0.1) is 0 Å². The number of rotatable bonds is 8. The van der Waals surface area contributed by atoms with Gasteiger partial charge in [0.1, 0.15) is 12.1 Å². The van der Waals surface area contributed by atoms with E-state index in [0.29, 0.717) is 13.1 Å². The van der Waals surface area contributed by atoms with Gasteiger partial charge in [0, 0.05) is 20.0 Å². The first-order valence-electron chi connectivity index (χ1n) is 9.72. The lowest BCUT2D eigenvalue weighted by Crippen LogP contribution is -2.59. The van der Waals surface area contributed by atoms with E-state index in [9.17, 15) is 32.7 Å². The molecule has 1 heterocycles. The first-order chi connectivity index (χ1) is 15.1. The molecule has 0 fully saturated rings. The Morgan fingerprint density at radius 2 is 1.64 bits per heavy atom. The third-order valence-corrected chi connectivity index (χ3v) is 3.93. The van der Waals surface area contributed by atoms with Crippen LogP contribution in [0.15, 0.2) is 16.8 Å². The zero-order chi connectivity index (χ0) is 25.9. The molecule has 0 bridgehead atoms. The molecule has 2 amide bonds. The lowest BCUT2D eigenvalue weighted by Gasteiger charge is -2.36. The van der Waals surface area contributed by atoms with Crippen LogP contribution in [0.2, 0.25) is 0 Å². The molecule has 12 nitrogen and oxygen atoms in total. The number of nitrogens with one attached hydrogen (secondary N) is 1. The van der Waals surface area contributed by atoms with Crippen LogP contribution in [-0.2, 0) is 23.9 Å². The van der Waals surface area contributed by atoms with Crippen LogP contribution in [0.5, 0.6) is 0 Å². The molecule has 0 aliphatic carbocycles. The predicted octanol–water partition coefficient (Wildman–Crippen LogP) is -0.218. The number of hydrogen-bond donors (Lipinski definition) is 5. The third-order valence-electron chi connectivity index (χ3n) is 3.93. The van der Waals surface area contributed by atoms with Gasteiger partial charge in [-0.15, -0.1) is 0 Å². The molecule has 7 N–H and O–H groups in total. The van der Waals surface area contributed by atoms with Gasteiger partial charge < -0.3 is 36.6 Å². The molecule has 0 radical (unpaired) electrons. The maximum absolute atomic E-state index is 13.0. The number of aliphatic imine (C=N–C) groups is 1. The molecule has 33 heavy (non-hydrogen) atoms. The minimum absolute atomic E-state index is 0.293. The van der Waals surface area contributed by atoms with Crippen LogP contribution in [0.1, 0.15) is 33.6 Å². The van der Waals surface area contributed by atoms with Crippen LogP contribution in [0.3, 0.4) is 0 Å². The molecule has 15 heteroatoms. The molecule has 1 aliphatic rings. The zero-order valence-electron chi connectivity index (χ0n) is 18.3. The van der Waals surface area contributed by atoms with Crippen LogP contribution in [0.4, 0.5) is 13.2 Å². The van der Waals surface area contributed by atoms with Gasteiger partial charge >= 0.3 is 18.1 Å². The maximum atomic E-state index is 13.0. The molecule has 0 aromatic heterocycles. The highest BCUT2D eigenvalue weighted by atomic mass is 19.4. The van der Waals surface area contributed by atoms with Crippen molar-refractivity contribution in [3.05, 3.63) is 11.8 Å². The molecule has 0 unspecified atom stereocenters. The van der Waals surface area contributed by atoms with Crippen molar-refractivity contribution in [1.82, 2.24) is 10.2 Å². The molecule has 1 aliphatic heterocycles. The highest BCUT2D eigenvalue weighted by Crippen LogP contribution is 2.23. The molecule has 0 aromatic rings. The van der Waals surface area contributed by atoms with E-state index < -0.39 is 53.9 Å². The van der Waals surface area contributed by atoms with Gasteiger partial charge in [0.15, 0.2) is 12.1 Å². The van der Waals surface area contributed by atoms with Crippen LogP contribution in [0.25, 0.3) is 0 Å². The largest absolute Gasteiger partial charge is 0.490 e. The van der Waals surface area contributed by atoms with E-state index in [2.05, 4.69) is 10.3 Å². The van der Waals surface area contributed by atoms with Gasteiger partial charge in [-0.25, -0.2) is 14.6 Å². The molecular weight excluding hydrogens is 455 g/mol. The Balaban J connectivity index is 0.00000126. The van der Waals surface area contributed by atoms with E-state index in [-0.39, 0.29) is 5.96 Å². The molecule has 0 saturated carbocycles. The van der Waals surface area contributed by atoms with Gasteiger partial charge in [-0.3, -0.25) is 9.59 Å². The summed E-state index contributed by atoms with van der Waals surface area (Å²) < 4.78 is 37.1. The average molecular weight is 483 g/mol. The molecule has 0 saturated heterocycles. The molecule has 0 spiro atoms. The molecule has 188 valence electrons. The number of hydrogen-bond acceptors (Lipinski definition) is 6. The lowest BCUT2D eigenvalue weighted by atomic mass is 9.97. The molecule has 0 aromatic carbocycles. The topological polar surface area (TPSA) is 198 Å².